The van der Waals surface area contributed by atoms with Gasteiger partial charge >= 0.3 is 0 Å². The highest BCUT2D eigenvalue weighted by molar-refractivity contribution is 8.04. The molecule has 0 rings (SSSR count). The van der Waals surface area contributed by atoms with E-state index >= 15 is 0 Å². The zero-order chi connectivity index (χ0) is 14.8. The second kappa shape index (κ2) is 10.7. The fraction of sp³-hybridized carbons (Fsp3) is 1.00. The first-order chi connectivity index (χ1) is 8.71. The van der Waals surface area contributed by atoms with Crippen LogP contribution in [0.25, 0.3) is 0 Å². The summed E-state index contributed by atoms with van der Waals surface area (Å²) < 4.78 is 2.17. The molecule has 5 heteroatoms. The molecule has 0 aliphatic carbocycles. The largest absolute Gasteiger partial charge is 0.330 e. The molecule has 0 atom stereocenters. The molecular formula is C14H34N2S3+2. The number of quaternary nitrogens is 2. The quantitative estimate of drug-likeness (QED) is 0.400. The highest BCUT2D eigenvalue weighted by Crippen LogP contribution is 2.11. The van der Waals surface area contributed by atoms with Crippen LogP contribution in [0.3, 0.4) is 0 Å². The number of nitrogens with zero attached hydrogens (tertiary/aromatic N) is 2. The van der Waals surface area contributed by atoms with Gasteiger partial charge in [-0.3, -0.25) is 0 Å². The van der Waals surface area contributed by atoms with Crippen LogP contribution in [0, 0.1) is 0 Å². The molecule has 0 aromatic heterocycles. The maximum Gasteiger partial charge on any atom is 0.0872 e. The highest BCUT2D eigenvalue weighted by atomic mass is 32.2. The third kappa shape index (κ3) is 19.0. The lowest BCUT2D eigenvalue weighted by atomic mass is 10.6. The van der Waals surface area contributed by atoms with E-state index in [9.17, 15) is 0 Å². The van der Waals surface area contributed by atoms with Crippen molar-refractivity contribution in [2.45, 2.75) is 0 Å². The smallest absolute Gasteiger partial charge is 0.0872 e. The predicted molar refractivity (Wildman–Crippen MR) is 97.8 cm³/mol. The monoisotopic (exact) mass is 326 g/mol. The zero-order valence-electron chi connectivity index (χ0n) is 13.8. The summed E-state index contributed by atoms with van der Waals surface area (Å²) in [7, 11) is 13.6. The van der Waals surface area contributed by atoms with Gasteiger partial charge in [-0.05, 0) is 0 Å². The molecule has 0 bridgehead atoms. The van der Waals surface area contributed by atoms with Crippen molar-refractivity contribution in [2.24, 2.45) is 0 Å². The molecule has 0 unspecified atom stereocenters. The van der Waals surface area contributed by atoms with Gasteiger partial charge in [-0.15, -0.1) is 0 Å². The number of hydrogen-bond donors (Lipinski definition) is 0. The predicted octanol–water partition coefficient (Wildman–Crippen LogP) is 2.60. The lowest BCUT2D eigenvalue weighted by molar-refractivity contribution is -0.867. The van der Waals surface area contributed by atoms with Crippen LogP contribution in [0.4, 0.5) is 0 Å². The Morgan fingerprint density at radius 3 is 1.00 bits per heavy atom. The Kier molecular flexibility index (Phi) is 11.2. The number of rotatable bonds is 12. The van der Waals surface area contributed by atoms with E-state index in [2.05, 4.69) is 77.6 Å². The van der Waals surface area contributed by atoms with Crippen molar-refractivity contribution in [3.63, 3.8) is 0 Å². The molecule has 0 spiro atoms. The normalized spacial score (nSPS) is 12.9. The van der Waals surface area contributed by atoms with Crippen LogP contribution >= 0.6 is 35.3 Å². The molecule has 0 fully saturated rings. The lowest BCUT2D eigenvalue weighted by Crippen LogP contribution is -2.36. The first-order valence-corrected chi connectivity index (χ1v) is 10.5. The highest BCUT2D eigenvalue weighted by Gasteiger charge is 2.06. The number of hydrogen-bond acceptors (Lipinski definition) is 3. The Morgan fingerprint density at radius 2 is 0.737 bits per heavy atom. The summed E-state index contributed by atoms with van der Waals surface area (Å²) in [6.07, 6.45) is 0. The van der Waals surface area contributed by atoms with Gasteiger partial charge in [-0.1, -0.05) is 0 Å². The summed E-state index contributed by atoms with van der Waals surface area (Å²) in [6.45, 7) is 2.55. The number of thioether (sulfide) groups is 3. The van der Waals surface area contributed by atoms with E-state index in [1.165, 1.54) is 47.6 Å². The maximum atomic E-state index is 2.27. The third-order valence-corrected chi connectivity index (χ3v) is 5.99. The summed E-state index contributed by atoms with van der Waals surface area (Å²) in [6, 6.07) is 0. The molecule has 0 aliphatic heterocycles. The molecule has 116 valence electrons. The van der Waals surface area contributed by atoms with Gasteiger partial charge in [0.2, 0.25) is 0 Å². The molecule has 0 saturated carbocycles. The van der Waals surface area contributed by atoms with Gasteiger partial charge in [0.15, 0.2) is 0 Å². The third-order valence-electron chi connectivity index (χ3n) is 2.56. The minimum absolute atomic E-state index is 1.09. The van der Waals surface area contributed by atoms with E-state index in [-0.39, 0.29) is 0 Å². The first-order valence-electron chi connectivity index (χ1n) is 7.05. The fourth-order valence-corrected chi connectivity index (χ4v) is 5.07. The van der Waals surface area contributed by atoms with Crippen LogP contribution < -0.4 is 0 Å². The van der Waals surface area contributed by atoms with Crippen molar-refractivity contribution < 1.29 is 8.97 Å². The van der Waals surface area contributed by atoms with Crippen molar-refractivity contribution in [1.82, 2.24) is 0 Å². The Hall–Kier alpha value is 0.970. The van der Waals surface area contributed by atoms with Crippen LogP contribution in [-0.4, -0.2) is 98.9 Å². The van der Waals surface area contributed by atoms with Crippen LogP contribution in [0.15, 0.2) is 0 Å². The van der Waals surface area contributed by atoms with E-state index < -0.39 is 0 Å². The Morgan fingerprint density at radius 1 is 0.474 bits per heavy atom. The second-order valence-corrected chi connectivity index (χ2v) is 10.5. The molecule has 0 aliphatic rings. The fourth-order valence-electron chi connectivity index (χ4n) is 1.22. The van der Waals surface area contributed by atoms with Gasteiger partial charge < -0.3 is 8.97 Å². The molecule has 2 nitrogen and oxygen atoms in total. The molecule has 0 aromatic carbocycles. The van der Waals surface area contributed by atoms with Gasteiger partial charge in [-0.2, -0.15) is 35.3 Å². The van der Waals surface area contributed by atoms with E-state index in [4.69, 9.17) is 0 Å². The van der Waals surface area contributed by atoms with Gasteiger partial charge in [0.05, 0.1) is 55.4 Å². The van der Waals surface area contributed by atoms with E-state index in [0.717, 1.165) is 8.97 Å². The molecule has 0 N–H and O–H groups in total. The Labute approximate surface area is 134 Å². The molecular weight excluding hydrogens is 292 g/mol. The molecule has 0 amide bonds. The summed E-state index contributed by atoms with van der Waals surface area (Å²) >= 11 is 6.33. The van der Waals surface area contributed by atoms with Crippen molar-refractivity contribution in [2.75, 3.05) is 89.9 Å². The first kappa shape index (κ1) is 20.0. The van der Waals surface area contributed by atoms with Crippen LogP contribution in [0.1, 0.15) is 0 Å². The minimum Gasteiger partial charge on any atom is -0.330 e. The summed E-state index contributed by atoms with van der Waals surface area (Å²) in [5.41, 5.74) is 0. The second-order valence-electron chi connectivity index (χ2n) is 6.86. The van der Waals surface area contributed by atoms with Crippen molar-refractivity contribution in [1.29, 1.82) is 0 Å². The van der Waals surface area contributed by atoms with Gasteiger partial charge in [0.1, 0.15) is 0 Å². The molecule has 0 saturated heterocycles. The Balaban J connectivity index is 3.12. The van der Waals surface area contributed by atoms with Crippen LogP contribution in [0.2, 0.25) is 0 Å². The molecule has 0 radical (unpaired) electrons. The standard InChI is InChI=1S/C14H34N2S3/c1-15(2,3)7-9-17-11-13-19-14-12-18-10-8-16(4,5)6/h7-14H2,1-6H3/q+2. The van der Waals surface area contributed by atoms with Crippen molar-refractivity contribution >= 4 is 35.3 Å². The molecule has 0 aromatic rings. The summed E-state index contributed by atoms with van der Waals surface area (Å²) in [5, 5.41) is 0. The zero-order valence-corrected chi connectivity index (χ0v) is 16.2. The van der Waals surface area contributed by atoms with Crippen LogP contribution in [0.5, 0.6) is 0 Å². The van der Waals surface area contributed by atoms with Crippen molar-refractivity contribution in [3.8, 4) is 0 Å². The van der Waals surface area contributed by atoms with Gasteiger partial charge in [0, 0.05) is 34.5 Å². The van der Waals surface area contributed by atoms with Gasteiger partial charge in [-0.25, -0.2) is 0 Å². The SMILES string of the molecule is C[N+](C)(C)CCSCCSCCSCC[N+](C)(C)C. The van der Waals surface area contributed by atoms with E-state index in [1.54, 1.807) is 0 Å². The average molecular weight is 327 g/mol. The molecule has 19 heavy (non-hydrogen) atoms. The minimum atomic E-state index is 1.09. The van der Waals surface area contributed by atoms with Crippen molar-refractivity contribution in [3.05, 3.63) is 0 Å². The summed E-state index contributed by atoms with van der Waals surface area (Å²) in [4.78, 5) is 0. The average Bonchev–Trinajstić information content (AvgIpc) is 2.22. The van der Waals surface area contributed by atoms with Crippen LogP contribution in [-0.2, 0) is 0 Å². The maximum absolute atomic E-state index is 2.27. The lowest BCUT2D eigenvalue weighted by Gasteiger charge is -2.23. The van der Waals surface area contributed by atoms with Gasteiger partial charge in [0.25, 0.3) is 0 Å². The topological polar surface area (TPSA) is 0 Å². The van der Waals surface area contributed by atoms with E-state index in [0.29, 0.717) is 0 Å². The Bertz CT molecular complexity index is 188. The summed E-state index contributed by atoms with van der Waals surface area (Å²) in [5.74, 6) is 7.85. The molecule has 0 heterocycles. The van der Waals surface area contributed by atoms with E-state index in [1.807, 2.05) is 0 Å².